The molecule has 0 amide bonds. The Morgan fingerprint density at radius 3 is 2.67 bits per heavy atom. The lowest BCUT2D eigenvalue weighted by atomic mass is 9.90. The lowest BCUT2D eigenvalue weighted by Gasteiger charge is -2.37. The number of ether oxygens (including phenoxy) is 2. The molecule has 1 heterocycles. The first-order chi connectivity index (χ1) is 5.53. The number of esters is 1. The van der Waals surface area contributed by atoms with E-state index >= 15 is 0 Å². The maximum atomic E-state index is 10.9. The summed E-state index contributed by atoms with van der Waals surface area (Å²) in [4.78, 5) is 10.9. The maximum absolute atomic E-state index is 10.9. The first kappa shape index (κ1) is 9.48. The van der Waals surface area contributed by atoms with Crippen LogP contribution >= 0.6 is 0 Å². The third kappa shape index (κ3) is 2.19. The van der Waals surface area contributed by atoms with Crippen LogP contribution in [0.25, 0.3) is 0 Å². The molecule has 4 nitrogen and oxygen atoms in total. The van der Waals surface area contributed by atoms with Gasteiger partial charge in [-0.15, -0.1) is 0 Å². The van der Waals surface area contributed by atoms with Gasteiger partial charge in [0.1, 0.15) is 12.6 Å². The molecule has 4 heteroatoms. The molecule has 2 N–H and O–H groups in total. The van der Waals surface area contributed by atoms with Gasteiger partial charge in [0.15, 0.2) is 0 Å². The smallest absolute Gasteiger partial charge is 0.322 e. The van der Waals surface area contributed by atoms with E-state index in [9.17, 15) is 4.79 Å². The first-order valence-electron chi connectivity index (χ1n) is 4.03. The minimum Gasteiger partial charge on any atom is -0.464 e. The Labute approximate surface area is 72.0 Å². The third-order valence-electron chi connectivity index (χ3n) is 1.84. The van der Waals surface area contributed by atoms with Crippen molar-refractivity contribution in [2.45, 2.75) is 19.9 Å². The zero-order chi connectivity index (χ0) is 9.19. The van der Waals surface area contributed by atoms with Crippen molar-refractivity contribution in [3.05, 3.63) is 0 Å². The van der Waals surface area contributed by atoms with E-state index in [2.05, 4.69) is 0 Å². The van der Waals surface area contributed by atoms with Crippen LogP contribution in [0.1, 0.15) is 13.8 Å². The second kappa shape index (κ2) is 3.41. The molecular weight excluding hydrogens is 158 g/mol. The molecule has 0 aromatic carbocycles. The average Bonchev–Trinajstić information content (AvgIpc) is 1.96. The number of carbonyl (C=O) groups excluding carboxylic acids is 1. The van der Waals surface area contributed by atoms with E-state index in [1.54, 1.807) is 6.92 Å². The van der Waals surface area contributed by atoms with E-state index in [1.165, 1.54) is 0 Å². The molecule has 0 radical (unpaired) electrons. The Morgan fingerprint density at radius 1 is 1.75 bits per heavy atom. The summed E-state index contributed by atoms with van der Waals surface area (Å²) >= 11 is 0. The molecule has 0 unspecified atom stereocenters. The highest BCUT2D eigenvalue weighted by Crippen LogP contribution is 2.26. The highest BCUT2D eigenvalue weighted by molar-refractivity contribution is 5.74. The lowest BCUT2D eigenvalue weighted by Crippen LogP contribution is -2.45. The Bertz CT molecular complexity index is 175. The summed E-state index contributed by atoms with van der Waals surface area (Å²) < 4.78 is 9.97. The number of nitrogens with two attached hydrogens (primary N) is 1. The molecule has 70 valence electrons. The molecule has 1 fully saturated rings. The number of hydrogen-bond donors (Lipinski definition) is 1. The summed E-state index contributed by atoms with van der Waals surface area (Å²) in [5.41, 5.74) is 5.34. The number of hydrogen-bond acceptors (Lipinski definition) is 4. The molecule has 0 aliphatic carbocycles. The van der Waals surface area contributed by atoms with Gasteiger partial charge in [0, 0.05) is 5.41 Å². The highest BCUT2D eigenvalue weighted by Gasteiger charge is 2.35. The maximum Gasteiger partial charge on any atom is 0.322 e. The Kier molecular flexibility index (Phi) is 2.69. The van der Waals surface area contributed by atoms with Gasteiger partial charge >= 0.3 is 5.97 Å². The molecule has 0 saturated carbocycles. The molecule has 1 rings (SSSR count). The minimum atomic E-state index is -0.533. The van der Waals surface area contributed by atoms with Crippen molar-refractivity contribution in [3.8, 4) is 0 Å². The topological polar surface area (TPSA) is 61.6 Å². The number of carbonyl (C=O) groups is 1. The van der Waals surface area contributed by atoms with Crippen LogP contribution in [0.2, 0.25) is 0 Å². The molecule has 1 aliphatic heterocycles. The van der Waals surface area contributed by atoms with Crippen LogP contribution in [0.3, 0.4) is 0 Å². The summed E-state index contributed by atoms with van der Waals surface area (Å²) in [5, 5.41) is 0. The van der Waals surface area contributed by atoms with Crippen molar-refractivity contribution in [3.63, 3.8) is 0 Å². The zero-order valence-corrected chi connectivity index (χ0v) is 7.50. The fourth-order valence-electron chi connectivity index (χ4n) is 0.911. The van der Waals surface area contributed by atoms with Gasteiger partial charge < -0.3 is 15.2 Å². The van der Waals surface area contributed by atoms with Crippen molar-refractivity contribution in [1.82, 2.24) is 0 Å². The zero-order valence-electron chi connectivity index (χ0n) is 7.50. The standard InChI is InChI=1S/C8H15NO3/c1-6(9)7(10)12-5-8(2)3-11-4-8/h6H,3-5,9H2,1-2H3/t6-/m0/s1. The molecule has 1 saturated heterocycles. The predicted molar refractivity (Wildman–Crippen MR) is 43.5 cm³/mol. The SMILES string of the molecule is C[C@H](N)C(=O)OCC1(C)COC1. The second-order valence-electron chi connectivity index (χ2n) is 3.70. The van der Waals surface area contributed by atoms with Gasteiger partial charge in [-0.2, -0.15) is 0 Å². The molecule has 12 heavy (non-hydrogen) atoms. The molecule has 1 aliphatic rings. The van der Waals surface area contributed by atoms with E-state index in [0.29, 0.717) is 19.8 Å². The normalized spacial score (nSPS) is 22.6. The van der Waals surface area contributed by atoms with Gasteiger partial charge in [-0.05, 0) is 6.92 Å². The van der Waals surface area contributed by atoms with Crippen LogP contribution in [-0.4, -0.2) is 31.8 Å². The van der Waals surface area contributed by atoms with Gasteiger partial charge in [0.05, 0.1) is 13.2 Å². The Balaban J connectivity index is 2.21. The van der Waals surface area contributed by atoms with Crippen molar-refractivity contribution < 1.29 is 14.3 Å². The van der Waals surface area contributed by atoms with Crippen LogP contribution in [0.15, 0.2) is 0 Å². The summed E-state index contributed by atoms with van der Waals surface area (Å²) in [5.74, 6) is -0.344. The summed E-state index contributed by atoms with van der Waals surface area (Å²) in [6.07, 6.45) is 0. The molecule has 0 bridgehead atoms. The third-order valence-corrected chi connectivity index (χ3v) is 1.84. The number of rotatable bonds is 3. The fraction of sp³-hybridized carbons (Fsp3) is 0.875. The van der Waals surface area contributed by atoms with Gasteiger partial charge in [0.25, 0.3) is 0 Å². The van der Waals surface area contributed by atoms with E-state index in [4.69, 9.17) is 15.2 Å². The monoisotopic (exact) mass is 173 g/mol. The molecule has 1 atom stereocenters. The summed E-state index contributed by atoms with van der Waals surface area (Å²) in [6, 6.07) is -0.533. The van der Waals surface area contributed by atoms with Gasteiger partial charge in [-0.25, -0.2) is 0 Å². The van der Waals surface area contributed by atoms with Crippen LogP contribution in [0.4, 0.5) is 0 Å². The average molecular weight is 173 g/mol. The van der Waals surface area contributed by atoms with Crippen molar-refractivity contribution in [1.29, 1.82) is 0 Å². The summed E-state index contributed by atoms with van der Waals surface area (Å²) in [7, 11) is 0. The van der Waals surface area contributed by atoms with Crippen LogP contribution in [0.5, 0.6) is 0 Å². The largest absolute Gasteiger partial charge is 0.464 e. The van der Waals surface area contributed by atoms with Crippen LogP contribution < -0.4 is 5.73 Å². The van der Waals surface area contributed by atoms with E-state index < -0.39 is 6.04 Å². The Hall–Kier alpha value is -0.610. The Morgan fingerprint density at radius 2 is 2.33 bits per heavy atom. The van der Waals surface area contributed by atoms with Gasteiger partial charge in [-0.1, -0.05) is 6.92 Å². The fourth-order valence-corrected chi connectivity index (χ4v) is 0.911. The van der Waals surface area contributed by atoms with Gasteiger partial charge in [-0.3, -0.25) is 4.79 Å². The minimum absolute atomic E-state index is 0.0184. The lowest BCUT2D eigenvalue weighted by molar-refractivity contribution is -0.166. The highest BCUT2D eigenvalue weighted by atomic mass is 16.5. The summed E-state index contributed by atoms with van der Waals surface area (Å²) in [6.45, 7) is 5.37. The van der Waals surface area contributed by atoms with Gasteiger partial charge in [0.2, 0.25) is 0 Å². The molecular formula is C8H15NO3. The first-order valence-corrected chi connectivity index (χ1v) is 4.03. The quantitative estimate of drug-likeness (QED) is 0.606. The molecule has 0 aromatic rings. The van der Waals surface area contributed by atoms with E-state index in [0.717, 1.165) is 0 Å². The van der Waals surface area contributed by atoms with Crippen LogP contribution in [0, 0.1) is 5.41 Å². The van der Waals surface area contributed by atoms with Crippen molar-refractivity contribution >= 4 is 5.97 Å². The van der Waals surface area contributed by atoms with E-state index in [-0.39, 0.29) is 11.4 Å². The van der Waals surface area contributed by atoms with Crippen molar-refractivity contribution in [2.24, 2.45) is 11.1 Å². The van der Waals surface area contributed by atoms with E-state index in [1.807, 2.05) is 6.92 Å². The molecule has 0 aromatic heterocycles. The van der Waals surface area contributed by atoms with Crippen molar-refractivity contribution in [2.75, 3.05) is 19.8 Å². The predicted octanol–water partition coefficient (Wildman–Crippen LogP) is -0.0867. The molecule has 0 spiro atoms. The second-order valence-corrected chi connectivity index (χ2v) is 3.70. The van der Waals surface area contributed by atoms with Crippen LogP contribution in [-0.2, 0) is 14.3 Å².